The molecule has 1 heterocycles. The van der Waals surface area contributed by atoms with E-state index in [0.29, 0.717) is 13.1 Å². The van der Waals surface area contributed by atoms with E-state index in [-0.39, 0.29) is 12.2 Å². The number of esters is 1. The van der Waals surface area contributed by atoms with Crippen LogP contribution in [0.25, 0.3) is 0 Å². The molecule has 1 aromatic carbocycles. The summed E-state index contributed by atoms with van der Waals surface area (Å²) in [5.41, 5.74) is 0.205. The molecule has 1 aliphatic heterocycles. The van der Waals surface area contributed by atoms with E-state index in [1.54, 1.807) is 4.90 Å². The number of carbonyl (C=O) groups excluding carboxylic acids is 2. The Morgan fingerprint density at radius 1 is 1.17 bits per heavy atom. The van der Waals surface area contributed by atoms with Crippen molar-refractivity contribution in [2.45, 2.75) is 38.6 Å². The first kappa shape index (κ1) is 17.3. The molecule has 1 atom stereocenters. The molecule has 0 aliphatic carbocycles. The summed E-state index contributed by atoms with van der Waals surface area (Å²) in [5, 5.41) is 0. The fourth-order valence-electron chi connectivity index (χ4n) is 2.20. The molecular formula is C17H23NO5. The van der Waals surface area contributed by atoms with Gasteiger partial charge in [-0.3, -0.25) is 0 Å². The molecule has 0 spiro atoms. The van der Waals surface area contributed by atoms with Crippen LogP contribution in [0.4, 0.5) is 4.79 Å². The first-order valence-corrected chi connectivity index (χ1v) is 7.56. The monoisotopic (exact) mass is 321 g/mol. The molecule has 6 nitrogen and oxygen atoms in total. The van der Waals surface area contributed by atoms with Crippen molar-refractivity contribution in [3.63, 3.8) is 0 Å². The van der Waals surface area contributed by atoms with Crippen LogP contribution in [0.5, 0.6) is 0 Å². The number of hydrogen-bond acceptors (Lipinski definition) is 5. The highest BCUT2D eigenvalue weighted by molar-refractivity contribution is 5.76. The van der Waals surface area contributed by atoms with E-state index in [1.165, 1.54) is 7.11 Å². The third-order valence-electron chi connectivity index (χ3n) is 3.35. The molecule has 1 aromatic rings. The standard InChI is InChI=1S/C17H23NO5/c1-17(2,3)23-16(20)18-10-13(11-18)22-14(15(19)21-4)12-8-6-5-7-9-12/h5-9,13-14H,10-11H2,1-4H3. The highest BCUT2D eigenvalue weighted by Crippen LogP contribution is 2.25. The topological polar surface area (TPSA) is 65.1 Å². The summed E-state index contributed by atoms with van der Waals surface area (Å²) >= 11 is 0. The molecule has 0 radical (unpaired) electrons. The number of benzene rings is 1. The van der Waals surface area contributed by atoms with Gasteiger partial charge in [-0.05, 0) is 26.3 Å². The zero-order chi connectivity index (χ0) is 17.0. The van der Waals surface area contributed by atoms with Gasteiger partial charge in [0.15, 0.2) is 6.10 Å². The van der Waals surface area contributed by atoms with Gasteiger partial charge in [0.25, 0.3) is 0 Å². The van der Waals surface area contributed by atoms with Gasteiger partial charge in [-0.2, -0.15) is 0 Å². The highest BCUT2D eigenvalue weighted by atomic mass is 16.6. The average molecular weight is 321 g/mol. The van der Waals surface area contributed by atoms with Crippen LogP contribution in [0.1, 0.15) is 32.4 Å². The predicted molar refractivity (Wildman–Crippen MR) is 83.9 cm³/mol. The van der Waals surface area contributed by atoms with Gasteiger partial charge in [0, 0.05) is 0 Å². The van der Waals surface area contributed by atoms with Gasteiger partial charge < -0.3 is 19.1 Å². The van der Waals surface area contributed by atoms with Crippen molar-refractivity contribution >= 4 is 12.1 Å². The Bertz CT molecular complexity index is 546. The maximum Gasteiger partial charge on any atom is 0.410 e. The lowest BCUT2D eigenvalue weighted by Crippen LogP contribution is -2.56. The summed E-state index contributed by atoms with van der Waals surface area (Å²) in [5.74, 6) is -0.452. The lowest BCUT2D eigenvalue weighted by atomic mass is 10.1. The number of nitrogens with zero attached hydrogens (tertiary/aromatic N) is 1. The summed E-state index contributed by atoms with van der Waals surface area (Å²) in [7, 11) is 1.33. The van der Waals surface area contributed by atoms with Crippen molar-refractivity contribution in [3.05, 3.63) is 35.9 Å². The molecule has 6 heteroatoms. The van der Waals surface area contributed by atoms with Crippen molar-refractivity contribution in [1.29, 1.82) is 0 Å². The van der Waals surface area contributed by atoms with E-state index >= 15 is 0 Å². The lowest BCUT2D eigenvalue weighted by molar-refractivity contribution is -0.165. The van der Waals surface area contributed by atoms with Crippen LogP contribution in [0.2, 0.25) is 0 Å². The molecule has 1 unspecified atom stereocenters. The average Bonchev–Trinajstić information content (AvgIpc) is 2.44. The van der Waals surface area contributed by atoms with Crippen LogP contribution in [0.15, 0.2) is 30.3 Å². The lowest BCUT2D eigenvalue weighted by Gasteiger charge is -2.40. The first-order valence-electron chi connectivity index (χ1n) is 7.56. The van der Waals surface area contributed by atoms with Crippen molar-refractivity contribution < 1.29 is 23.8 Å². The van der Waals surface area contributed by atoms with Crippen LogP contribution in [-0.2, 0) is 19.0 Å². The SMILES string of the molecule is COC(=O)C(OC1CN(C(=O)OC(C)(C)C)C1)c1ccccc1. The maximum absolute atomic E-state index is 11.9. The van der Waals surface area contributed by atoms with Crippen LogP contribution >= 0.6 is 0 Å². The van der Waals surface area contributed by atoms with Crippen LogP contribution < -0.4 is 0 Å². The largest absolute Gasteiger partial charge is 0.467 e. The van der Waals surface area contributed by atoms with E-state index in [9.17, 15) is 9.59 Å². The smallest absolute Gasteiger partial charge is 0.410 e. The predicted octanol–water partition coefficient (Wildman–Crippen LogP) is 2.54. The number of likely N-dealkylation sites (tertiary alicyclic amines) is 1. The third-order valence-corrected chi connectivity index (χ3v) is 3.35. The Kier molecular flexibility index (Phi) is 5.26. The van der Waals surface area contributed by atoms with E-state index in [2.05, 4.69) is 0 Å². The number of ether oxygens (including phenoxy) is 3. The van der Waals surface area contributed by atoms with Crippen LogP contribution in [0.3, 0.4) is 0 Å². The molecule has 126 valence electrons. The minimum absolute atomic E-state index is 0.216. The van der Waals surface area contributed by atoms with Crippen molar-refractivity contribution in [1.82, 2.24) is 4.90 Å². The Balaban J connectivity index is 1.91. The van der Waals surface area contributed by atoms with Crippen LogP contribution in [0, 0.1) is 0 Å². The molecule has 1 fully saturated rings. The number of rotatable bonds is 4. The van der Waals surface area contributed by atoms with E-state index in [0.717, 1.165) is 5.56 Å². The Morgan fingerprint density at radius 2 is 1.78 bits per heavy atom. The summed E-state index contributed by atoms with van der Waals surface area (Å²) in [6.07, 6.45) is -1.37. The van der Waals surface area contributed by atoms with E-state index in [4.69, 9.17) is 14.2 Å². The highest BCUT2D eigenvalue weighted by Gasteiger charge is 2.37. The van der Waals surface area contributed by atoms with Crippen molar-refractivity contribution in [2.24, 2.45) is 0 Å². The summed E-state index contributed by atoms with van der Waals surface area (Å²) in [6, 6.07) is 9.16. The second-order valence-electron chi connectivity index (χ2n) is 6.46. The Labute approximate surface area is 136 Å². The van der Waals surface area contributed by atoms with Gasteiger partial charge >= 0.3 is 12.1 Å². The minimum Gasteiger partial charge on any atom is -0.467 e. The van der Waals surface area contributed by atoms with Gasteiger partial charge in [-0.1, -0.05) is 30.3 Å². The zero-order valence-corrected chi connectivity index (χ0v) is 13.9. The first-order chi connectivity index (χ1) is 10.8. The second-order valence-corrected chi connectivity index (χ2v) is 6.46. The van der Waals surface area contributed by atoms with Gasteiger partial charge in [0.05, 0.1) is 26.3 Å². The van der Waals surface area contributed by atoms with Gasteiger partial charge in [-0.15, -0.1) is 0 Å². The van der Waals surface area contributed by atoms with Crippen LogP contribution in [-0.4, -0.2) is 48.9 Å². The summed E-state index contributed by atoms with van der Waals surface area (Å²) in [6.45, 7) is 6.26. The van der Waals surface area contributed by atoms with Crippen molar-refractivity contribution in [3.8, 4) is 0 Å². The molecule has 2 rings (SSSR count). The minimum atomic E-state index is -0.785. The Hall–Kier alpha value is -2.08. The summed E-state index contributed by atoms with van der Waals surface area (Å²) < 4.78 is 15.9. The maximum atomic E-state index is 11.9. The van der Waals surface area contributed by atoms with Gasteiger partial charge in [-0.25, -0.2) is 9.59 Å². The molecule has 1 aliphatic rings. The van der Waals surface area contributed by atoms with E-state index in [1.807, 2.05) is 51.1 Å². The zero-order valence-electron chi connectivity index (χ0n) is 13.9. The number of amides is 1. The van der Waals surface area contributed by atoms with Gasteiger partial charge in [0.1, 0.15) is 5.60 Å². The van der Waals surface area contributed by atoms with E-state index < -0.39 is 17.7 Å². The molecule has 0 N–H and O–H groups in total. The molecular weight excluding hydrogens is 298 g/mol. The molecule has 0 bridgehead atoms. The molecule has 0 saturated carbocycles. The number of hydrogen-bond donors (Lipinski definition) is 0. The fourth-order valence-corrected chi connectivity index (χ4v) is 2.20. The fraction of sp³-hybridized carbons (Fsp3) is 0.529. The molecule has 0 aromatic heterocycles. The summed E-state index contributed by atoms with van der Waals surface area (Å²) in [4.78, 5) is 25.4. The molecule has 1 saturated heterocycles. The normalized spacial score (nSPS) is 16.4. The molecule has 1 amide bonds. The van der Waals surface area contributed by atoms with Gasteiger partial charge in [0.2, 0.25) is 0 Å². The van der Waals surface area contributed by atoms with Crippen molar-refractivity contribution in [2.75, 3.05) is 20.2 Å². The second kappa shape index (κ2) is 7.00. The molecule has 23 heavy (non-hydrogen) atoms. The number of carbonyl (C=O) groups is 2. The number of methoxy groups -OCH3 is 1. The Morgan fingerprint density at radius 3 is 2.30 bits per heavy atom. The quantitative estimate of drug-likeness (QED) is 0.797. The third kappa shape index (κ3) is 4.69.